The minimum atomic E-state index is -0.614. The van der Waals surface area contributed by atoms with Crippen molar-refractivity contribution in [2.75, 3.05) is 13.2 Å². The van der Waals surface area contributed by atoms with E-state index in [9.17, 15) is 19.7 Å². The lowest BCUT2D eigenvalue weighted by molar-refractivity contribution is -0.384. The number of carbonyl (C=O) groups excluding carboxylic acids is 2. The number of nitro groups is 1. The highest BCUT2D eigenvalue weighted by molar-refractivity contribution is 5.95. The summed E-state index contributed by atoms with van der Waals surface area (Å²) < 4.78 is 10.7. The van der Waals surface area contributed by atoms with E-state index in [0.29, 0.717) is 23.7 Å². The Balaban J connectivity index is 2.07. The number of hydrazone groups is 1. The molecule has 0 aliphatic heterocycles. The number of hydrogen-bond donors (Lipinski definition) is 2. The van der Waals surface area contributed by atoms with Crippen LogP contribution in [0.4, 0.5) is 5.69 Å². The zero-order chi connectivity index (χ0) is 20.5. The van der Waals surface area contributed by atoms with Crippen LogP contribution in [0.1, 0.15) is 22.8 Å². The van der Waals surface area contributed by atoms with Gasteiger partial charge in [-0.05, 0) is 36.8 Å². The summed E-state index contributed by atoms with van der Waals surface area (Å²) in [6.07, 6.45) is 1.37. The second-order valence-electron chi connectivity index (χ2n) is 5.40. The molecular weight excluding hydrogens is 368 g/mol. The Bertz CT molecular complexity index is 913. The van der Waals surface area contributed by atoms with Gasteiger partial charge in [0.15, 0.2) is 18.1 Å². The molecule has 2 rings (SSSR count). The highest BCUT2D eigenvalue weighted by Crippen LogP contribution is 2.28. The van der Waals surface area contributed by atoms with E-state index in [4.69, 9.17) is 15.2 Å². The largest absolute Gasteiger partial charge is 0.490 e. The first-order valence-electron chi connectivity index (χ1n) is 8.16. The lowest BCUT2D eigenvalue weighted by Gasteiger charge is -2.11. The quantitative estimate of drug-likeness (QED) is 0.380. The van der Waals surface area contributed by atoms with E-state index < -0.39 is 16.7 Å². The Kier molecular flexibility index (Phi) is 7.03. The number of carbonyl (C=O) groups is 2. The topological polar surface area (TPSA) is 146 Å². The fraction of sp³-hybridized carbons (Fsp3) is 0.167. The monoisotopic (exact) mass is 386 g/mol. The molecule has 0 radical (unpaired) electrons. The molecule has 3 N–H and O–H groups in total. The first kappa shape index (κ1) is 20.4. The van der Waals surface area contributed by atoms with Crippen LogP contribution in [0.2, 0.25) is 0 Å². The molecule has 2 amide bonds. The molecule has 10 heteroatoms. The van der Waals surface area contributed by atoms with Gasteiger partial charge in [0.05, 0.1) is 17.7 Å². The summed E-state index contributed by atoms with van der Waals surface area (Å²) in [6, 6.07) is 10.1. The maximum Gasteiger partial charge on any atom is 0.271 e. The molecule has 0 atom stereocenters. The van der Waals surface area contributed by atoms with Gasteiger partial charge in [-0.25, -0.2) is 5.43 Å². The number of rotatable bonds is 9. The third-order valence-electron chi connectivity index (χ3n) is 3.34. The number of non-ortho nitro benzene ring substituents is 1. The molecule has 0 unspecified atom stereocenters. The van der Waals surface area contributed by atoms with Crippen molar-refractivity contribution in [3.63, 3.8) is 0 Å². The van der Waals surface area contributed by atoms with Crippen LogP contribution in [0.5, 0.6) is 11.5 Å². The molecule has 0 saturated carbocycles. The van der Waals surface area contributed by atoms with Crippen LogP contribution in [-0.4, -0.2) is 36.2 Å². The molecule has 0 spiro atoms. The molecule has 0 saturated heterocycles. The Hall–Kier alpha value is -3.95. The van der Waals surface area contributed by atoms with Gasteiger partial charge in [0.25, 0.3) is 17.5 Å². The van der Waals surface area contributed by atoms with E-state index >= 15 is 0 Å². The van der Waals surface area contributed by atoms with E-state index in [1.165, 1.54) is 24.4 Å². The van der Waals surface area contributed by atoms with Crippen LogP contribution in [-0.2, 0) is 4.79 Å². The van der Waals surface area contributed by atoms with Crippen molar-refractivity contribution in [2.24, 2.45) is 10.8 Å². The predicted octanol–water partition coefficient (Wildman–Crippen LogP) is 1.62. The molecule has 0 aliphatic carbocycles. The van der Waals surface area contributed by atoms with Gasteiger partial charge in [-0.1, -0.05) is 6.07 Å². The summed E-state index contributed by atoms with van der Waals surface area (Å²) in [5, 5.41) is 14.6. The third kappa shape index (κ3) is 5.80. The molecule has 0 aromatic heterocycles. The summed E-state index contributed by atoms with van der Waals surface area (Å²) in [6.45, 7) is 1.88. The second kappa shape index (κ2) is 9.67. The van der Waals surface area contributed by atoms with Gasteiger partial charge in [0, 0.05) is 17.7 Å². The smallest absolute Gasteiger partial charge is 0.271 e. The van der Waals surface area contributed by atoms with Gasteiger partial charge >= 0.3 is 0 Å². The summed E-state index contributed by atoms with van der Waals surface area (Å²) in [5.41, 5.74) is 7.86. The Labute approximate surface area is 160 Å². The SMILES string of the molecule is CCOc1cc(/C=N/NC(=O)c2cccc([N+](=O)[O-])c2)ccc1OCC(N)=O. The highest BCUT2D eigenvalue weighted by atomic mass is 16.6. The maximum atomic E-state index is 12.0. The molecule has 0 aliphatic rings. The van der Waals surface area contributed by atoms with Gasteiger partial charge < -0.3 is 15.2 Å². The Morgan fingerprint density at radius 3 is 2.68 bits per heavy atom. The number of nitrogens with one attached hydrogen (secondary N) is 1. The van der Waals surface area contributed by atoms with E-state index in [2.05, 4.69) is 10.5 Å². The molecule has 10 nitrogen and oxygen atoms in total. The number of nitrogens with two attached hydrogens (primary N) is 1. The second-order valence-corrected chi connectivity index (χ2v) is 5.40. The standard InChI is InChI=1S/C18H18N4O6/c1-2-27-16-8-12(6-7-15(16)28-11-17(19)23)10-20-21-18(24)13-4-3-5-14(9-13)22(25)26/h3-10H,2,11H2,1H3,(H2,19,23)(H,21,24)/b20-10+. The minimum absolute atomic E-state index is 0.108. The molecule has 2 aromatic carbocycles. The van der Waals surface area contributed by atoms with E-state index in [-0.39, 0.29) is 17.9 Å². The average Bonchev–Trinajstić information content (AvgIpc) is 2.67. The lowest BCUT2D eigenvalue weighted by Crippen LogP contribution is -2.20. The normalized spacial score (nSPS) is 10.5. The van der Waals surface area contributed by atoms with Crippen molar-refractivity contribution < 1.29 is 24.0 Å². The Morgan fingerprint density at radius 2 is 2.00 bits per heavy atom. The Morgan fingerprint density at radius 1 is 1.21 bits per heavy atom. The van der Waals surface area contributed by atoms with Crippen molar-refractivity contribution in [3.05, 3.63) is 63.7 Å². The summed E-state index contributed by atoms with van der Waals surface area (Å²) in [7, 11) is 0. The van der Waals surface area contributed by atoms with Crippen LogP contribution in [0.15, 0.2) is 47.6 Å². The van der Waals surface area contributed by atoms with Gasteiger partial charge in [-0.2, -0.15) is 5.10 Å². The number of nitrogens with zero attached hydrogens (tertiary/aromatic N) is 2. The fourth-order valence-corrected chi connectivity index (χ4v) is 2.13. The first-order valence-corrected chi connectivity index (χ1v) is 8.16. The zero-order valence-electron chi connectivity index (χ0n) is 15.0. The summed E-state index contributed by atoms with van der Waals surface area (Å²) in [4.78, 5) is 33.1. The molecule has 2 aromatic rings. The number of primary amides is 1. The van der Waals surface area contributed by atoms with E-state index in [1.807, 2.05) is 0 Å². The van der Waals surface area contributed by atoms with Crippen LogP contribution >= 0.6 is 0 Å². The van der Waals surface area contributed by atoms with E-state index in [1.54, 1.807) is 25.1 Å². The molecule has 0 heterocycles. The number of hydrogen-bond acceptors (Lipinski definition) is 7. The molecule has 0 bridgehead atoms. The third-order valence-corrected chi connectivity index (χ3v) is 3.34. The van der Waals surface area contributed by atoms with Crippen molar-refractivity contribution >= 4 is 23.7 Å². The van der Waals surface area contributed by atoms with Crippen molar-refractivity contribution in [1.82, 2.24) is 5.43 Å². The number of ether oxygens (including phenoxy) is 2. The van der Waals surface area contributed by atoms with Crippen LogP contribution in [0.3, 0.4) is 0 Å². The number of amides is 2. The van der Waals surface area contributed by atoms with Crippen molar-refractivity contribution in [2.45, 2.75) is 6.92 Å². The maximum absolute atomic E-state index is 12.0. The average molecular weight is 386 g/mol. The first-order chi connectivity index (χ1) is 13.4. The molecular formula is C18H18N4O6. The highest BCUT2D eigenvalue weighted by Gasteiger charge is 2.11. The number of benzene rings is 2. The minimum Gasteiger partial charge on any atom is -0.490 e. The summed E-state index contributed by atoms with van der Waals surface area (Å²) >= 11 is 0. The van der Waals surface area contributed by atoms with Gasteiger partial charge in [0.1, 0.15) is 0 Å². The van der Waals surface area contributed by atoms with Crippen LogP contribution < -0.4 is 20.6 Å². The zero-order valence-corrected chi connectivity index (χ0v) is 15.0. The predicted molar refractivity (Wildman–Crippen MR) is 100 cm³/mol. The van der Waals surface area contributed by atoms with Gasteiger partial charge in [-0.15, -0.1) is 0 Å². The molecule has 28 heavy (non-hydrogen) atoms. The van der Waals surface area contributed by atoms with Crippen LogP contribution in [0.25, 0.3) is 0 Å². The van der Waals surface area contributed by atoms with Crippen molar-refractivity contribution in [1.29, 1.82) is 0 Å². The number of nitro benzene ring substituents is 1. The van der Waals surface area contributed by atoms with Gasteiger partial charge in [-0.3, -0.25) is 19.7 Å². The van der Waals surface area contributed by atoms with Gasteiger partial charge in [0.2, 0.25) is 0 Å². The van der Waals surface area contributed by atoms with E-state index in [0.717, 1.165) is 6.07 Å². The lowest BCUT2D eigenvalue weighted by atomic mass is 10.2. The fourth-order valence-electron chi connectivity index (χ4n) is 2.13. The van der Waals surface area contributed by atoms with Crippen LogP contribution in [0, 0.1) is 10.1 Å². The molecule has 0 fully saturated rings. The molecule has 146 valence electrons. The summed E-state index contributed by atoms with van der Waals surface area (Å²) in [5.74, 6) is -0.473. The van der Waals surface area contributed by atoms with Crippen molar-refractivity contribution in [3.8, 4) is 11.5 Å².